The van der Waals surface area contributed by atoms with Gasteiger partial charge in [-0.2, -0.15) is 0 Å². The molecule has 21 heavy (non-hydrogen) atoms. The second-order valence-corrected chi connectivity index (χ2v) is 5.81. The maximum absolute atomic E-state index is 14.1. The summed E-state index contributed by atoms with van der Waals surface area (Å²) >= 11 is 3.25. The Labute approximate surface area is 128 Å². The first-order valence-electron chi connectivity index (χ1n) is 6.05. The number of benzene rings is 1. The smallest absolute Gasteiger partial charge is 0.411 e. The van der Waals surface area contributed by atoms with Gasteiger partial charge in [0.15, 0.2) is 0 Å². The summed E-state index contributed by atoms with van der Waals surface area (Å²) in [7, 11) is 1.41. The largest absolute Gasteiger partial charge is 0.465 e. The van der Waals surface area contributed by atoms with Crippen molar-refractivity contribution in [2.75, 3.05) is 7.05 Å². The maximum atomic E-state index is 14.1. The van der Waals surface area contributed by atoms with Crippen LogP contribution in [0.15, 0.2) is 27.7 Å². The van der Waals surface area contributed by atoms with Crippen LogP contribution in [0, 0.1) is 5.82 Å². The van der Waals surface area contributed by atoms with E-state index in [-0.39, 0.29) is 23.9 Å². The first kappa shape index (κ1) is 15.4. The summed E-state index contributed by atoms with van der Waals surface area (Å²) in [5, 5.41) is 10.9. The SMILES string of the molecule is CN1C(=O)CC(C)(c2cc(Br)ccc2F)N=C1NC(=O)O. The Kier molecular flexibility index (Phi) is 3.99. The number of hydrogen-bond donors (Lipinski definition) is 2. The van der Waals surface area contributed by atoms with E-state index < -0.39 is 17.4 Å². The molecular weight excluding hydrogens is 345 g/mol. The van der Waals surface area contributed by atoms with E-state index in [9.17, 15) is 14.0 Å². The first-order valence-corrected chi connectivity index (χ1v) is 6.84. The lowest BCUT2D eigenvalue weighted by atomic mass is 9.87. The van der Waals surface area contributed by atoms with E-state index in [2.05, 4.69) is 26.2 Å². The molecule has 0 aromatic heterocycles. The van der Waals surface area contributed by atoms with Crippen molar-refractivity contribution < 1.29 is 19.1 Å². The van der Waals surface area contributed by atoms with Gasteiger partial charge in [-0.3, -0.25) is 15.0 Å². The lowest BCUT2D eigenvalue weighted by Gasteiger charge is -2.34. The summed E-state index contributed by atoms with van der Waals surface area (Å²) in [5.41, 5.74) is -0.946. The molecule has 1 aliphatic heterocycles. The molecule has 1 aliphatic rings. The number of carboxylic acid groups (broad SMARTS) is 1. The predicted octanol–water partition coefficient (Wildman–Crippen LogP) is 2.29. The predicted molar refractivity (Wildman–Crippen MR) is 77.4 cm³/mol. The molecule has 0 bridgehead atoms. The monoisotopic (exact) mass is 357 g/mol. The Balaban J connectivity index is 2.54. The van der Waals surface area contributed by atoms with Gasteiger partial charge in [-0.15, -0.1) is 0 Å². The number of hydrogen-bond acceptors (Lipinski definition) is 3. The van der Waals surface area contributed by atoms with Crippen LogP contribution in [0.3, 0.4) is 0 Å². The fourth-order valence-corrected chi connectivity index (χ4v) is 2.51. The zero-order chi connectivity index (χ0) is 15.8. The van der Waals surface area contributed by atoms with E-state index in [0.29, 0.717) is 4.47 Å². The van der Waals surface area contributed by atoms with Crippen LogP contribution < -0.4 is 5.32 Å². The minimum Gasteiger partial charge on any atom is -0.465 e. The molecule has 112 valence electrons. The number of halogens is 2. The lowest BCUT2D eigenvalue weighted by molar-refractivity contribution is -0.128. The summed E-state index contributed by atoms with van der Waals surface area (Å²) in [5.74, 6) is -0.979. The second-order valence-electron chi connectivity index (χ2n) is 4.89. The number of guanidine groups is 1. The topological polar surface area (TPSA) is 82.0 Å². The molecule has 2 N–H and O–H groups in total. The molecule has 1 atom stereocenters. The average molecular weight is 358 g/mol. The number of carbonyl (C=O) groups is 2. The molecule has 0 saturated heterocycles. The number of nitrogens with zero attached hydrogens (tertiary/aromatic N) is 2. The third-order valence-corrected chi connectivity index (χ3v) is 3.76. The van der Waals surface area contributed by atoms with Gasteiger partial charge in [0.1, 0.15) is 5.82 Å². The molecule has 0 spiro atoms. The molecule has 6 nitrogen and oxygen atoms in total. The quantitative estimate of drug-likeness (QED) is 0.808. The van der Waals surface area contributed by atoms with E-state index in [1.54, 1.807) is 13.0 Å². The van der Waals surface area contributed by atoms with Crippen LogP contribution in [0.1, 0.15) is 18.9 Å². The third-order valence-electron chi connectivity index (χ3n) is 3.27. The summed E-state index contributed by atoms with van der Waals surface area (Å²) in [6.07, 6.45) is -1.39. The summed E-state index contributed by atoms with van der Waals surface area (Å²) in [6.45, 7) is 1.59. The van der Waals surface area contributed by atoms with Gasteiger partial charge in [0.05, 0.1) is 12.0 Å². The average Bonchev–Trinajstić information content (AvgIpc) is 2.37. The van der Waals surface area contributed by atoms with Gasteiger partial charge in [0.25, 0.3) is 0 Å². The molecule has 0 saturated carbocycles. The van der Waals surface area contributed by atoms with Crippen LogP contribution in [0.25, 0.3) is 0 Å². The van der Waals surface area contributed by atoms with Crippen molar-refractivity contribution in [2.45, 2.75) is 18.9 Å². The van der Waals surface area contributed by atoms with Gasteiger partial charge in [0, 0.05) is 17.1 Å². The van der Waals surface area contributed by atoms with Crippen molar-refractivity contribution >= 4 is 33.9 Å². The maximum Gasteiger partial charge on any atom is 0.411 e. The lowest BCUT2D eigenvalue weighted by Crippen LogP contribution is -2.51. The summed E-state index contributed by atoms with van der Waals surface area (Å²) in [6, 6.07) is 4.35. The molecular formula is C13H13BrFN3O3. The van der Waals surface area contributed by atoms with Crippen LogP contribution >= 0.6 is 15.9 Å². The Bertz CT molecular complexity index is 650. The summed E-state index contributed by atoms with van der Waals surface area (Å²) in [4.78, 5) is 28.2. The first-order chi connectivity index (χ1) is 9.73. The van der Waals surface area contributed by atoms with E-state index in [1.807, 2.05) is 0 Å². The van der Waals surface area contributed by atoms with Crippen LogP contribution in [0.5, 0.6) is 0 Å². The fraction of sp³-hybridized carbons (Fsp3) is 0.308. The van der Waals surface area contributed by atoms with Crippen molar-refractivity contribution in [1.82, 2.24) is 10.2 Å². The highest BCUT2D eigenvalue weighted by atomic mass is 79.9. The molecule has 1 unspecified atom stereocenters. The highest BCUT2D eigenvalue weighted by Gasteiger charge is 2.39. The summed E-state index contributed by atoms with van der Waals surface area (Å²) < 4.78 is 14.7. The number of nitrogens with one attached hydrogen (secondary N) is 1. The molecule has 1 heterocycles. The Hall–Kier alpha value is -1.96. The molecule has 8 heteroatoms. The molecule has 0 fully saturated rings. The van der Waals surface area contributed by atoms with Crippen LogP contribution in [-0.4, -0.2) is 35.0 Å². The highest BCUT2D eigenvalue weighted by molar-refractivity contribution is 9.10. The van der Waals surface area contributed by atoms with Gasteiger partial charge < -0.3 is 5.11 Å². The number of rotatable bonds is 1. The van der Waals surface area contributed by atoms with Crippen LogP contribution in [-0.2, 0) is 10.3 Å². The van der Waals surface area contributed by atoms with Crippen molar-refractivity contribution in [1.29, 1.82) is 0 Å². The zero-order valence-corrected chi connectivity index (χ0v) is 12.9. The highest BCUT2D eigenvalue weighted by Crippen LogP contribution is 2.35. The van der Waals surface area contributed by atoms with Crippen molar-refractivity contribution in [3.8, 4) is 0 Å². The number of carbonyl (C=O) groups excluding carboxylic acids is 1. The Morgan fingerprint density at radius 2 is 2.24 bits per heavy atom. The fourth-order valence-electron chi connectivity index (χ4n) is 2.15. The van der Waals surface area contributed by atoms with Gasteiger partial charge in [0.2, 0.25) is 11.9 Å². The molecule has 2 rings (SSSR count). The third kappa shape index (κ3) is 3.05. The number of amides is 2. The Morgan fingerprint density at radius 1 is 1.57 bits per heavy atom. The van der Waals surface area contributed by atoms with Crippen LogP contribution in [0.4, 0.5) is 9.18 Å². The van der Waals surface area contributed by atoms with Gasteiger partial charge in [-0.1, -0.05) is 15.9 Å². The minimum absolute atomic E-state index is 0.0539. The van der Waals surface area contributed by atoms with E-state index >= 15 is 0 Å². The molecule has 0 radical (unpaired) electrons. The van der Waals surface area contributed by atoms with Gasteiger partial charge >= 0.3 is 6.09 Å². The molecule has 1 aromatic carbocycles. The van der Waals surface area contributed by atoms with Crippen molar-refractivity contribution in [3.05, 3.63) is 34.1 Å². The minimum atomic E-state index is -1.34. The normalized spacial score (nSPS) is 22.0. The van der Waals surface area contributed by atoms with Gasteiger partial charge in [-0.05, 0) is 25.1 Å². The van der Waals surface area contributed by atoms with Crippen molar-refractivity contribution in [3.63, 3.8) is 0 Å². The van der Waals surface area contributed by atoms with E-state index in [1.165, 1.54) is 19.2 Å². The molecule has 1 aromatic rings. The molecule has 0 aliphatic carbocycles. The Morgan fingerprint density at radius 3 is 2.86 bits per heavy atom. The van der Waals surface area contributed by atoms with Crippen LogP contribution in [0.2, 0.25) is 0 Å². The number of aliphatic imine (C=N–C) groups is 1. The zero-order valence-electron chi connectivity index (χ0n) is 11.4. The second kappa shape index (κ2) is 5.44. The van der Waals surface area contributed by atoms with E-state index in [4.69, 9.17) is 5.11 Å². The molecule has 2 amide bonds. The van der Waals surface area contributed by atoms with Crippen molar-refractivity contribution in [2.24, 2.45) is 4.99 Å². The van der Waals surface area contributed by atoms with Gasteiger partial charge in [-0.25, -0.2) is 14.2 Å². The standard InChI is InChI=1S/C13H13BrFN3O3/c1-13(8-5-7(14)3-4-9(8)15)6-10(19)18(2)11(17-13)16-12(20)21/h3-5H,6H2,1-2H3,(H,16,17)(H,20,21). The van der Waals surface area contributed by atoms with E-state index in [0.717, 1.165) is 4.90 Å².